The number of carbonyl (C=O) groups excluding carboxylic acids is 6. The Labute approximate surface area is 410 Å². The molecule has 1 aliphatic heterocycles. The molecule has 30 heteroatoms. The number of ether oxygens (including phenoxy) is 2. The third-order valence-electron chi connectivity index (χ3n) is 10.3. The third-order valence-corrected chi connectivity index (χ3v) is 12.9. The molecule has 6 amide bonds. The van der Waals surface area contributed by atoms with Crippen molar-refractivity contribution in [2.24, 2.45) is 5.73 Å². The average molecular weight is 1060 g/mol. The molecule has 0 aromatic carbocycles. The summed E-state index contributed by atoms with van der Waals surface area (Å²) in [6.45, 7) is 10.1. The number of carboxylic acids is 2. The molecule has 1 heterocycles. The normalized spacial score (nSPS) is 22.3. The molecule has 2 unspecified atom stereocenters. The summed E-state index contributed by atoms with van der Waals surface area (Å²) in [5.41, 5.74) is 7.40. The molecule has 1 saturated heterocycles. The van der Waals surface area contributed by atoms with E-state index >= 15 is 0 Å². The van der Waals surface area contributed by atoms with Crippen LogP contribution in [0.15, 0.2) is 23.3 Å². The molecule has 14 N–H and O–H groups in total. The Morgan fingerprint density at radius 3 is 1.87 bits per heavy atom. The average Bonchev–Trinajstić information content (AvgIpc) is 3.25. The number of carbonyl (C=O) groups is 8. The predicted octanol–water partition coefficient (Wildman–Crippen LogP) is -1.15. The van der Waals surface area contributed by atoms with Gasteiger partial charge in [0.05, 0.1) is 13.2 Å². The van der Waals surface area contributed by atoms with Crippen molar-refractivity contribution < 1.29 is 101 Å². The summed E-state index contributed by atoms with van der Waals surface area (Å²) in [7, 11) is -11.0. The van der Waals surface area contributed by atoms with E-state index in [0.717, 1.165) is 31.9 Å². The summed E-state index contributed by atoms with van der Waals surface area (Å²) in [5, 5.41) is 53.7. The fraction of sp³-hybridized carbons (Fsp3) is 0.707. The molecule has 71 heavy (non-hydrogen) atoms. The van der Waals surface area contributed by atoms with E-state index < -0.39 is 156 Å². The highest BCUT2D eigenvalue weighted by Gasteiger charge is 2.51. The highest BCUT2D eigenvalue weighted by molar-refractivity contribution is 7.61. The Kier molecular flexibility index (Phi) is 28.1. The number of nitrogens with one attached hydrogen (secondary N) is 6. The molecular weight excluding hydrogens is 988 g/mol. The van der Waals surface area contributed by atoms with Crippen molar-refractivity contribution in [1.82, 2.24) is 31.9 Å². The minimum atomic E-state index is -5.68. The molecule has 1 rings (SSSR count). The van der Waals surface area contributed by atoms with Gasteiger partial charge in [-0.2, -0.15) is 4.31 Å². The van der Waals surface area contributed by atoms with Gasteiger partial charge in [-0.1, -0.05) is 23.3 Å². The first-order valence-electron chi connectivity index (χ1n) is 22.5. The quantitative estimate of drug-likeness (QED) is 0.0215. The van der Waals surface area contributed by atoms with E-state index in [9.17, 15) is 72.6 Å². The first kappa shape index (κ1) is 64.3. The van der Waals surface area contributed by atoms with E-state index in [2.05, 4.69) is 36.2 Å². The van der Waals surface area contributed by atoms with Crippen LogP contribution in [0.5, 0.6) is 0 Å². The van der Waals surface area contributed by atoms with Crippen LogP contribution in [0.1, 0.15) is 100 Å². The van der Waals surface area contributed by atoms with Gasteiger partial charge in [0, 0.05) is 13.3 Å². The predicted molar refractivity (Wildman–Crippen MR) is 248 cm³/mol. The number of phosphoric ester groups is 2. The number of hydrogen-bond acceptors (Lipinski definition) is 18. The minimum absolute atomic E-state index is 0.0608. The molecule has 28 nitrogen and oxygen atoms in total. The van der Waals surface area contributed by atoms with Crippen LogP contribution in [-0.2, 0) is 70.3 Å². The number of aliphatic hydroxyl groups is 2. The second-order valence-corrected chi connectivity index (χ2v) is 19.8. The lowest BCUT2D eigenvalue weighted by molar-refractivity contribution is -0.261. The lowest BCUT2D eigenvalue weighted by Gasteiger charge is -2.44. The molecule has 0 bridgehead atoms. The van der Waals surface area contributed by atoms with Gasteiger partial charge in [-0.3, -0.25) is 42.6 Å². The second kappa shape index (κ2) is 31.0. The van der Waals surface area contributed by atoms with Crippen LogP contribution in [0.3, 0.4) is 0 Å². The van der Waals surface area contributed by atoms with Crippen molar-refractivity contribution in [2.75, 3.05) is 19.8 Å². The van der Waals surface area contributed by atoms with E-state index in [0.29, 0.717) is 25.7 Å². The number of aliphatic carboxylic acids is 2. The number of hydrogen-bond donors (Lipinski definition) is 13. The summed E-state index contributed by atoms with van der Waals surface area (Å²) >= 11 is 0. The van der Waals surface area contributed by atoms with Crippen LogP contribution in [0.25, 0.3) is 0 Å². The summed E-state index contributed by atoms with van der Waals surface area (Å²) < 4.78 is 51.0. The number of carboxylic acid groups (broad SMARTS) is 2. The van der Waals surface area contributed by atoms with E-state index in [4.69, 9.17) is 29.4 Å². The van der Waals surface area contributed by atoms with Gasteiger partial charge in [-0.15, -0.1) is 0 Å². The first-order valence-corrected chi connectivity index (χ1v) is 25.4. The Hall–Kier alpha value is -4.70. The summed E-state index contributed by atoms with van der Waals surface area (Å²) in [6.07, 6.45) is -4.75. The van der Waals surface area contributed by atoms with Gasteiger partial charge in [0.2, 0.25) is 35.4 Å². The van der Waals surface area contributed by atoms with Gasteiger partial charge < -0.3 is 77.3 Å². The number of phosphoric acid groups is 2. The van der Waals surface area contributed by atoms with E-state index in [1.807, 2.05) is 19.9 Å². The maximum atomic E-state index is 13.3. The monoisotopic (exact) mass is 1060 g/mol. The van der Waals surface area contributed by atoms with E-state index in [1.165, 1.54) is 19.9 Å². The van der Waals surface area contributed by atoms with Gasteiger partial charge in [0.15, 0.2) is 6.29 Å². The molecule has 0 aromatic rings. The molecular formula is C41H71N7O21P2. The van der Waals surface area contributed by atoms with Crippen molar-refractivity contribution in [3.63, 3.8) is 0 Å². The smallest absolute Gasteiger partial charge is 0.480 e. The summed E-state index contributed by atoms with van der Waals surface area (Å²) in [6, 6.07) is -8.70. The van der Waals surface area contributed by atoms with Crippen LogP contribution >= 0.6 is 15.6 Å². The fourth-order valence-corrected chi connectivity index (χ4v) is 8.40. The summed E-state index contributed by atoms with van der Waals surface area (Å²) in [5.74, 6) is -8.32. The van der Waals surface area contributed by atoms with Crippen molar-refractivity contribution in [2.45, 2.75) is 167 Å². The number of rotatable bonds is 32. The molecule has 0 saturated carbocycles. The van der Waals surface area contributed by atoms with Crippen LogP contribution in [0.2, 0.25) is 0 Å². The van der Waals surface area contributed by atoms with Gasteiger partial charge in [0.1, 0.15) is 60.7 Å². The van der Waals surface area contributed by atoms with E-state index in [-0.39, 0.29) is 13.0 Å². The zero-order valence-electron chi connectivity index (χ0n) is 40.9. The third kappa shape index (κ3) is 24.5. The van der Waals surface area contributed by atoms with Gasteiger partial charge in [-0.05, 0) is 93.5 Å². The van der Waals surface area contributed by atoms with Crippen LogP contribution in [-0.4, -0.2) is 164 Å². The van der Waals surface area contributed by atoms with Crippen LogP contribution in [0.4, 0.5) is 0 Å². The first-order chi connectivity index (χ1) is 32.9. The standard InChI is InChI=1S/C41H71N7O21P2/c1-21(2)12-11-13-22(3)17-19-65-70(61,62)69-71(63,64)68-41-32(46-27(8)50)34(33(52)30(20-49)67-41)66-26(7)37(55)43-24(5)36(54)48-29(40(59)60)15-16-31(51)47-28(14-9-10-18-42)38(56)44-23(4)35(53)45-25(6)39(57)58/h12,17,23-26,28-30,32-34,41,49,52H,9-11,13-16,18-20,42H2,1-8H3,(H,43,55)(H,44,56)(H,45,53)(H,46,50)(H,47,51)(H,48,54)(H,57,58)(H,59,60)(H,61,62)(H,63,64)/b22-17-/t23-,24+,25-,26-,28+,29-,30-,32-,33-,34-,41-/m1/s1. The number of unbranched alkanes of at least 4 members (excludes halogenated alkanes) is 1. The van der Waals surface area contributed by atoms with Gasteiger partial charge >= 0.3 is 27.6 Å². The summed E-state index contributed by atoms with van der Waals surface area (Å²) in [4.78, 5) is 121. The van der Waals surface area contributed by atoms with Gasteiger partial charge in [-0.25, -0.2) is 13.9 Å². The molecule has 0 spiro atoms. The van der Waals surface area contributed by atoms with Crippen LogP contribution < -0.4 is 37.6 Å². The number of nitrogens with two attached hydrogens (primary N) is 1. The Morgan fingerprint density at radius 2 is 1.32 bits per heavy atom. The molecule has 1 fully saturated rings. The Morgan fingerprint density at radius 1 is 0.732 bits per heavy atom. The molecule has 406 valence electrons. The van der Waals surface area contributed by atoms with Crippen molar-refractivity contribution >= 4 is 63.0 Å². The lowest BCUT2D eigenvalue weighted by Crippen LogP contribution is -2.66. The van der Waals surface area contributed by atoms with Crippen LogP contribution in [0, 0.1) is 0 Å². The molecule has 0 aromatic heterocycles. The topological polar surface area (TPSA) is 436 Å². The fourth-order valence-electron chi connectivity index (χ4n) is 6.31. The molecule has 0 radical (unpaired) electrons. The molecule has 0 aliphatic carbocycles. The maximum absolute atomic E-state index is 13.3. The van der Waals surface area contributed by atoms with Crippen molar-refractivity contribution in [3.05, 3.63) is 23.3 Å². The van der Waals surface area contributed by atoms with E-state index in [1.54, 1.807) is 6.92 Å². The highest BCUT2D eigenvalue weighted by Crippen LogP contribution is 2.61. The Balaban J connectivity index is 3.06. The zero-order chi connectivity index (χ0) is 54.4. The van der Waals surface area contributed by atoms with Gasteiger partial charge in [0.25, 0.3) is 0 Å². The maximum Gasteiger partial charge on any atom is 0.483 e. The number of allylic oxidation sites excluding steroid dienone is 3. The largest absolute Gasteiger partial charge is 0.483 e. The lowest BCUT2D eigenvalue weighted by atomic mass is 9.96. The molecule has 1 aliphatic rings. The van der Waals surface area contributed by atoms with Crippen molar-refractivity contribution in [3.8, 4) is 0 Å². The van der Waals surface area contributed by atoms with Crippen molar-refractivity contribution in [1.29, 1.82) is 0 Å². The highest BCUT2D eigenvalue weighted by atomic mass is 31.3. The Bertz CT molecular complexity index is 2010. The molecule has 13 atom stereocenters. The number of amides is 6. The second-order valence-electron chi connectivity index (χ2n) is 16.8. The zero-order valence-corrected chi connectivity index (χ0v) is 42.6. The minimum Gasteiger partial charge on any atom is -0.480 e. The number of aliphatic hydroxyl groups excluding tert-OH is 2. The SMILES string of the molecule is CC(=O)N[C@H]1[C@@H](OP(=O)(O)OP(=O)(O)OC/C=C(/C)CCC=C(C)C)O[C@H](CO)[C@@H](O)[C@@H]1O[C@H](C)C(=O)N[C@@H](C)C(=O)N[C@H](CCC(=O)N[C@@H](CCCCN)C(=O)N[C@H](C)C(=O)N[C@H](C)C(=O)O)C(=O)O.